The molecule has 0 spiro atoms. The standard InChI is InChI=1S/C20H22ClN3O3/c1-23-10-2-3-17(19(23)26)20(27)24-11-8-14(9-12-24)13-22-18(25)15-4-6-16(21)7-5-15/h2-7,10,14H,8-9,11-13H2,1H3,(H,22,25). The Kier molecular flexibility index (Phi) is 5.96. The van der Waals surface area contributed by atoms with Gasteiger partial charge in [-0.25, -0.2) is 0 Å². The first-order chi connectivity index (χ1) is 13.0. The van der Waals surface area contributed by atoms with Crippen LogP contribution < -0.4 is 10.9 Å². The van der Waals surface area contributed by atoms with E-state index in [2.05, 4.69) is 5.32 Å². The number of nitrogens with zero attached hydrogens (tertiary/aromatic N) is 2. The SMILES string of the molecule is Cn1cccc(C(=O)N2CCC(CNC(=O)c3ccc(Cl)cc3)CC2)c1=O. The van der Waals surface area contributed by atoms with E-state index in [4.69, 9.17) is 11.6 Å². The Morgan fingerprint density at radius 2 is 1.81 bits per heavy atom. The molecular formula is C20H22ClN3O3. The molecule has 1 aromatic carbocycles. The number of piperidine rings is 1. The Bertz CT molecular complexity index is 884. The van der Waals surface area contributed by atoms with Crippen molar-refractivity contribution in [2.45, 2.75) is 12.8 Å². The van der Waals surface area contributed by atoms with Crippen LogP contribution in [0.1, 0.15) is 33.6 Å². The van der Waals surface area contributed by atoms with Gasteiger partial charge in [-0.2, -0.15) is 0 Å². The van der Waals surface area contributed by atoms with Gasteiger partial charge in [0.25, 0.3) is 17.4 Å². The van der Waals surface area contributed by atoms with Crippen LogP contribution in [0.2, 0.25) is 5.02 Å². The highest BCUT2D eigenvalue weighted by molar-refractivity contribution is 6.30. The van der Waals surface area contributed by atoms with Crippen LogP contribution in [0.25, 0.3) is 0 Å². The second kappa shape index (κ2) is 8.39. The summed E-state index contributed by atoms with van der Waals surface area (Å²) in [5.41, 5.74) is 0.501. The zero-order valence-electron chi connectivity index (χ0n) is 15.2. The first kappa shape index (κ1) is 19.2. The Hall–Kier alpha value is -2.60. The van der Waals surface area contributed by atoms with E-state index < -0.39 is 0 Å². The molecule has 142 valence electrons. The third-order valence-corrected chi connectivity index (χ3v) is 5.17. The Morgan fingerprint density at radius 3 is 2.48 bits per heavy atom. The van der Waals surface area contributed by atoms with Crippen LogP contribution in [-0.4, -0.2) is 40.9 Å². The highest BCUT2D eigenvalue weighted by Gasteiger charge is 2.25. The molecule has 6 nitrogen and oxygen atoms in total. The number of halogens is 1. The minimum absolute atomic E-state index is 0.127. The van der Waals surface area contributed by atoms with Gasteiger partial charge in [0, 0.05) is 43.5 Å². The van der Waals surface area contributed by atoms with E-state index in [0.29, 0.717) is 36.1 Å². The molecule has 0 bridgehead atoms. The summed E-state index contributed by atoms with van der Waals surface area (Å²) < 4.78 is 1.41. The molecule has 7 heteroatoms. The summed E-state index contributed by atoms with van der Waals surface area (Å²) >= 11 is 5.83. The number of benzene rings is 1. The lowest BCUT2D eigenvalue weighted by atomic mass is 9.96. The van der Waals surface area contributed by atoms with Crippen LogP contribution in [0.5, 0.6) is 0 Å². The summed E-state index contributed by atoms with van der Waals surface area (Å²) in [6, 6.07) is 10.0. The smallest absolute Gasteiger partial charge is 0.263 e. The molecule has 1 saturated heterocycles. The van der Waals surface area contributed by atoms with Crippen molar-refractivity contribution in [1.82, 2.24) is 14.8 Å². The highest BCUT2D eigenvalue weighted by Crippen LogP contribution is 2.18. The van der Waals surface area contributed by atoms with Gasteiger partial charge in [0.15, 0.2) is 0 Å². The molecule has 0 atom stereocenters. The third-order valence-electron chi connectivity index (χ3n) is 4.91. The van der Waals surface area contributed by atoms with Crippen LogP contribution in [0.4, 0.5) is 0 Å². The van der Waals surface area contributed by atoms with E-state index in [0.717, 1.165) is 12.8 Å². The van der Waals surface area contributed by atoms with Gasteiger partial charge in [0.05, 0.1) is 0 Å². The average molecular weight is 388 g/mol. The van der Waals surface area contributed by atoms with Gasteiger partial charge >= 0.3 is 0 Å². The largest absolute Gasteiger partial charge is 0.352 e. The fraction of sp³-hybridized carbons (Fsp3) is 0.350. The van der Waals surface area contributed by atoms with Crippen LogP contribution in [-0.2, 0) is 7.05 Å². The first-order valence-corrected chi connectivity index (χ1v) is 9.32. The molecule has 3 rings (SSSR count). The molecule has 0 aliphatic carbocycles. The molecule has 2 aromatic rings. The molecule has 0 unspecified atom stereocenters. The molecule has 0 radical (unpaired) electrons. The fourth-order valence-corrected chi connectivity index (χ4v) is 3.34. The minimum atomic E-state index is -0.278. The molecule has 1 aliphatic heterocycles. The Morgan fingerprint density at radius 1 is 1.15 bits per heavy atom. The number of aromatic nitrogens is 1. The first-order valence-electron chi connectivity index (χ1n) is 8.94. The van der Waals surface area contributed by atoms with E-state index in [1.807, 2.05) is 0 Å². The monoisotopic (exact) mass is 387 g/mol. The Labute approximate surface area is 162 Å². The van der Waals surface area contributed by atoms with Crippen molar-refractivity contribution < 1.29 is 9.59 Å². The normalized spacial score (nSPS) is 14.8. The maximum atomic E-state index is 12.6. The molecule has 27 heavy (non-hydrogen) atoms. The zero-order valence-corrected chi connectivity index (χ0v) is 15.9. The van der Waals surface area contributed by atoms with Crippen molar-refractivity contribution in [2.24, 2.45) is 13.0 Å². The number of carbonyl (C=O) groups is 2. The summed E-state index contributed by atoms with van der Waals surface area (Å²) in [7, 11) is 1.63. The average Bonchev–Trinajstić information content (AvgIpc) is 2.68. The quantitative estimate of drug-likeness (QED) is 0.875. The van der Waals surface area contributed by atoms with Crippen LogP contribution >= 0.6 is 11.6 Å². The Balaban J connectivity index is 1.51. The molecule has 1 aromatic heterocycles. The van der Waals surface area contributed by atoms with E-state index in [1.165, 1.54) is 4.57 Å². The van der Waals surface area contributed by atoms with Gasteiger partial charge in [-0.1, -0.05) is 11.6 Å². The zero-order chi connectivity index (χ0) is 19.4. The molecule has 2 heterocycles. The van der Waals surface area contributed by atoms with E-state index >= 15 is 0 Å². The number of amides is 2. The predicted molar refractivity (Wildman–Crippen MR) is 104 cm³/mol. The van der Waals surface area contributed by atoms with Gasteiger partial charge < -0.3 is 14.8 Å². The lowest BCUT2D eigenvalue weighted by Gasteiger charge is -2.32. The summed E-state index contributed by atoms with van der Waals surface area (Å²) in [6.07, 6.45) is 3.22. The second-order valence-electron chi connectivity index (χ2n) is 6.79. The van der Waals surface area contributed by atoms with Gasteiger partial charge in [-0.15, -0.1) is 0 Å². The number of carbonyl (C=O) groups excluding carboxylic acids is 2. The van der Waals surface area contributed by atoms with Gasteiger partial charge in [-0.05, 0) is 55.2 Å². The molecule has 1 aliphatic rings. The second-order valence-corrected chi connectivity index (χ2v) is 7.23. The summed E-state index contributed by atoms with van der Waals surface area (Å²) in [5.74, 6) is -0.0401. The topological polar surface area (TPSA) is 71.4 Å². The van der Waals surface area contributed by atoms with Gasteiger partial charge in [0.1, 0.15) is 5.56 Å². The van der Waals surface area contributed by atoms with Crippen molar-refractivity contribution in [3.05, 3.63) is 69.1 Å². The van der Waals surface area contributed by atoms with E-state index in [1.54, 1.807) is 54.5 Å². The summed E-state index contributed by atoms with van der Waals surface area (Å²) in [6.45, 7) is 1.73. The summed E-state index contributed by atoms with van der Waals surface area (Å²) in [4.78, 5) is 38.6. The maximum Gasteiger partial charge on any atom is 0.263 e. The number of aryl methyl sites for hydroxylation is 1. The minimum Gasteiger partial charge on any atom is -0.352 e. The molecule has 2 amide bonds. The predicted octanol–water partition coefficient (Wildman–Crippen LogP) is 2.32. The van der Waals surface area contributed by atoms with Gasteiger partial charge in [0.2, 0.25) is 0 Å². The number of hydrogen-bond donors (Lipinski definition) is 1. The van der Waals surface area contributed by atoms with Crippen LogP contribution in [0.3, 0.4) is 0 Å². The number of hydrogen-bond acceptors (Lipinski definition) is 3. The number of pyridine rings is 1. The van der Waals surface area contributed by atoms with Crippen LogP contribution in [0.15, 0.2) is 47.4 Å². The number of nitrogens with one attached hydrogen (secondary N) is 1. The highest BCUT2D eigenvalue weighted by atomic mass is 35.5. The molecular weight excluding hydrogens is 366 g/mol. The third kappa shape index (κ3) is 4.57. The molecule has 1 fully saturated rings. The van der Waals surface area contributed by atoms with Gasteiger partial charge in [-0.3, -0.25) is 14.4 Å². The number of likely N-dealkylation sites (tertiary alicyclic amines) is 1. The van der Waals surface area contributed by atoms with Crippen LogP contribution in [0, 0.1) is 5.92 Å². The van der Waals surface area contributed by atoms with Crippen molar-refractivity contribution in [3.63, 3.8) is 0 Å². The van der Waals surface area contributed by atoms with Crippen molar-refractivity contribution >= 4 is 23.4 Å². The van der Waals surface area contributed by atoms with E-state index in [9.17, 15) is 14.4 Å². The van der Waals surface area contributed by atoms with Crippen molar-refractivity contribution in [1.29, 1.82) is 0 Å². The van der Waals surface area contributed by atoms with Crippen molar-refractivity contribution in [2.75, 3.05) is 19.6 Å². The summed E-state index contributed by atoms with van der Waals surface area (Å²) in [5, 5.41) is 3.54. The maximum absolute atomic E-state index is 12.6. The van der Waals surface area contributed by atoms with Crippen molar-refractivity contribution in [3.8, 4) is 0 Å². The number of rotatable bonds is 4. The molecule has 0 saturated carbocycles. The molecule has 1 N–H and O–H groups in total. The lowest BCUT2D eigenvalue weighted by molar-refractivity contribution is 0.0682. The van der Waals surface area contributed by atoms with E-state index in [-0.39, 0.29) is 22.9 Å². The lowest BCUT2D eigenvalue weighted by Crippen LogP contribution is -2.43. The fourth-order valence-electron chi connectivity index (χ4n) is 3.21.